The van der Waals surface area contributed by atoms with E-state index in [9.17, 15) is 33.3 Å². The Hall–Kier alpha value is -1.47. The van der Waals surface area contributed by atoms with Crippen LogP contribution in [0.3, 0.4) is 0 Å². The molecule has 0 aromatic carbocycles. The summed E-state index contributed by atoms with van der Waals surface area (Å²) in [6.45, 7) is -0.973. The van der Waals surface area contributed by atoms with Crippen LogP contribution in [0.1, 0.15) is 18.2 Å². The number of aromatic nitrogens is 2. The Balaban J connectivity index is 2.09. The molecule has 2 rings (SSSR count). The second-order valence-electron chi connectivity index (χ2n) is 6.03. The zero-order valence-corrected chi connectivity index (χ0v) is 18.4. The number of nitrogens with two attached hydrogens (primary N) is 1. The van der Waals surface area contributed by atoms with Crippen LogP contribution in [0.25, 0.3) is 0 Å². The summed E-state index contributed by atoms with van der Waals surface area (Å²) in [5, 5.41) is 10.1. The molecule has 5 atom stereocenters. The number of hydrogen-bond donors (Lipinski definition) is 7. The highest BCUT2D eigenvalue weighted by Crippen LogP contribution is 2.66. The van der Waals surface area contributed by atoms with Gasteiger partial charge in [-0.05, 0) is 0 Å². The molecule has 1 aromatic heterocycles. The molecule has 1 fully saturated rings. The molecule has 20 heteroatoms. The highest BCUT2D eigenvalue weighted by Gasteiger charge is 2.43. The molecule has 8 N–H and O–H groups in total. The van der Waals surface area contributed by atoms with E-state index >= 15 is 0 Å². The number of hydrogen-bond acceptors (Lipinski definition) is 11. The Labute approximate surface area is 178 Å². The van der Waals surface area contributed by atoms with E-state index in [-0.39, 0.29) is 18.5 Å². The van der Waals surface area contributed by atoms with Crippen LogP contribution in [-0.2, 0) is 31.6 Å². The Morgan fingerprint density at radius 3 is 2.44 bits per heavy atom. The third-order valence-electron chi connectivity index (χ3n) is 3.63. The lowest BCUT2D eigenvalue weighted by atomic mass is 10.2. The molecule has 0 spiro atoms. The molecule has 3 unspecified atom stereocenters. The van der Waals surface area contributed by atoms with Crippen molar-refractivity contribution in [2.45, 2.75) is 24.9 Å². The summed E-state index contributed by atoms with van der Waals surface area (Å²) >= 11 is 0. The fourth-order valence-corrected chi connectivity index (χ4v) is 5.47. The number of H-pyrrole nitrogens is 1. The molecule has 0 aliphatic carbocycles. The summed E-state index contributed by atoms with van der Waals surface area (Å²) in [5.41, 5.74) is 3.42. The summed E-state index contributed by atoms with van der Waals surface area (Å²) in [6.07, 6.45) is -3.07. The topological polar surface area (TPSA) is 270 Å². The van der Waals surface area contributed by atoms with Gasteiger partial charge in [0.15, 0.2) is 0 Å². The third-order valence-corrected chi connectivity index (χ3v) is 7.43. The van der Waals surface area contributed by atoms with Crippen molar-refractivity contribution in [3.63, 3.8) is 0 Å². The SMILES string of the molecule is NCC#Cc1cn([C@@H]2CC(O)[C@H](COP(=O)(O)OP(=O)(O)OP(=O)(O)O)O2)c(=O)[nH]c1=O. The summed E-state index contributed by atoms with van der Waals surface area (Å²) in [7, 11) is -16.7. The molecule has 0 bridgehead atoms. The average Bonchev–Trinajstić information content (AvgIpc) is 2.97. The van der Waals surface area contributed by atoms with Crippen LogP contribution in [0.5, 0.6) is 0 Å². The van der Waals surface area contributed by atoms with Gasteiger partial charge in [0, 0.05) is 12.6 Å². The normalized spacial score (nSPS) is 24.9. The third kappa shape index (κ3) is 7.84. The second kappa shape index (κ2) is 10.2. The molecule has 32 heavy (non-hydrogen) atoms. The maximum Gasteiger partial charge on any atom is 0.490 e. The quantitative estimate of drug-likeness (QED) is 0.142. The van der Waals surface area contributed by atoms with E-state index in [1.807, 2.05) is 4.98 Å². The minimum Gasteiger partial charge on any atom is -0.390 e. The van der Waals surface area contributed by atoms with Crippen molar-refractivity contribution in [1.29, 1.82) is 0 Å². The first kappa shape index (κ1) is 26.8. The van der Waals surface area contributed by atoms with Gasteiger partial charge in [-0.25, -0.2) is 18.5 Å². The van der Waals surface area contributed by atoms with Crippen LogP contribution in [0.15, 0.2) is 15.8 Å². The minimum absolute atomic E-state index is 0.0557. The van der Waals surface area contributed by atoms with Crippen LogP contribution < -0.4 is 17.0 Å². The fourth-order valence-electron chi connectivity index (χ4n) is 2.44. The van der Waals surface area contributed by atoms with Gasteiger partial charge in [-0.2, -0.15) is 8.62 Å². The average molecular weight is 521 g/mol. The number of ether oxygens (including phenoxy) is 1. The van der Waals surface area contributed by atoms with E-state index < -0.39 is 59.8 Å². The Bertz CT molecular complexity index is 1160. The van der Waals surface area contributed by atoms with Crippen molar-refractivity contribution in [3.05, 3.63) is 32.6 Å². The number of aromatic amines is 1. The molecule has 0 amide bonds. The molecule has 1 aliphatic heterocycles. The smallest absolute Gasteiger partial charge is 0.390 e. The highest BCUT2D eigenvalue weighted by molar-refractivity contribution is 7.66. The van der Waals surface area contributed by atoms with Gasteiger partial charge in [0.1, 0.15) is 17.9 Å². The van der Waals surface area contributed by atoms with E-state index in [0.29, 0.717) is 0 Å². The van der Waals surface area contributed by atoms with E-state index in [2.05, 4.69) is 25.0 Å². The van der Waals surface area contributed by atoms with Gasteiger partial charge >= 0.3 is 29.2 Å². The fraction of sp³-hybridized carbons (Fsp3) is 0.500. The highest BCUT2D eigenvalue weighted by atomic mass is 31.3. The standard InChI is InChI=1S/C12H18N3O14P3/c13-3-1-2-7-5-15(12(18)14-11(7)17)10-4-8(16)9(27-10)6-26-31(22,23)29-32(24,25)28-30(19,20)21/h5,8-10,16H,3-4,6,13H2,(H,22,23)(H,24,25)(H,14,17,18)(H2,19,20,21)/t8?,9-,10-/m0/s1. The molecule has 1 aliphatic rings. The van der Waals surface area contributed by atoms with E-state index in [0.717, 1.165) is 10.8 Å². The molecule has 0 radical (unpaired) electrons. The summed E-state index contributed by atoms with van der Waals surface area (Å²) in [5.74, 6) is 4.87. The summed E-state index contributed by atoms with van der Waals surface area (Å²) < 4.78 is 51.4. The first-order valence-electron chi connectivity index (χ1n) is 8.29. The number of aliphatic hydroxyl groups excluding tert-OH is 1. The predicted octanol–water partition coefficient (Wildman–Crippen LogP) is -2.16. The van der Waals surface area contributed by atoms with Crippen molar-refractivity contribution < 1.29 is 56.3 Å². The van der Waals surface area contributed by atoms with Gasteiger partial charge in [-0.15, -0.1) is 0 Å². The van der Waals surface area contributed by atoms with Gasteiger partial charge in [0.2, 0.25) is 0 Å². The van der Waals surface area contributed by atoms with Crippen LogP contribution >= 0.6 is 23.5 Å². The Kier molecular flexibility index (Phi) is 8.54. The van der Waals surface area contributed by atoms with Gasteiger partial charge in [0.05, 0.1) is 19.3 Å². The van der Waals surface area contributed by atoms with Crippen LogP contribution in [0, 0.1) is 11.8 Å². The predicted molar refractivity (Wildman–Crippen MR) is 102 cm³/mol. The van der Waals surface area contributed by atoms with Crippen molar-refractivity contribution in [1.82, 2.24) is 9.55 Å². The molecule has 0 saturated carbocycles. The van der Waals surface area contributed by atoms with Crippen molar-refractivity contribution >= 4 is 23.5 Å². The van der Waals surface area contributed by atoms with Crippen LogP contribution in [0.4, 0.5) is 0 Å². The Morgan fingerprint density at radius 1 is 1.19 bits per heavy atom. The Morgan fingerprint density at radius 2 is 1.84 bits per heavy atom. The zero-order chi connectivity index (χ0) is 24.3. The molecular weight excluding hydrogens is 503 g/mol. The molecule has 1 saturated heterocycles. The van der Waals surface area contributed by atoms with Gasteiger partial charge in [0.25, 0.3) is 5.56 Å². The molecule has 1 aromatic rings. The minimum atomic E-state index is -5.70. The number of rotatable bonds is 8. The van der Waals surface area contributed by atoms with Crippen molar-refractivity contribution in [2.75, 3.05) is 13.2 Å². The first-order chi connectivity index (χ1) is 14.6. The molecule has 180 valence electrons. The maximum absolute atomic E-state index is 12.1. The molecule has 17 nitrogen and oxygen atoms in total. The number of nitrogens with one attached hydrogen (secondary N) is 1. The second-order valence-corrected chi connectivity index (χ2v) is 10.5. The molecular formula is C12H18N3O14P3. The van der Waals surface area contributed by atoms with Crippen molar-refractivity contribution in [2.24, 2.45) is 5.73 Å². The van der Waals surface area contributed by atoms with Gasteiger partial charge in [-0.3, -0.25) is 18.9 Å². The van der Waals surface area contributed by atoms with Crippen LogP contribution in [0.2, 0.25) is 0 Å². The monoisotopic (exact) mass is 521 g/mol. The number of phosphoric acid groups is 3. The molecule has 2 heterocycles. The maximum atomic E-state index is 12.1. The van der Waals surface area contributed by atoms with Gasteiger partial charge in [-0.1, -0.05) is 11.8 Å². The van der Waals surface area contributed by atoms with E-state index in [1.165, 1.54) is 0 Å². The van der Waals surface area contributed by atoms with Crippen molar-refractivity contribution in [3.8, 4) is 11.8 Å². The van der Waals surface area contributed by atoms with E-state index in [1.54, 1.807) is 0 Å². The lowest BCUT2D eigenvalue weighted by molar-refractivity contribution is -0.0450. The lowest BCUT2D eigenvalue weighted by Crippen LogP contribution is -2.33. The van der Waals surface area contributed by atoms with Crippen LogP contribution in [-0.4, -0.2) is 59.6 Å². The number of nitrogens with zero attached hydrogens (tertiary/aromatic N) is 1. The number of aliphatic hydroxyl groups is 1. The summed E-state index contributed by atoms with van der Waals surface area (Å²) in [4.78, 5) is 61.3. The lowest BCUT2D eigenvalue weighted by Gasteiger charge is -2.19. The summed E-state index contributed by atoms with van der Waals surface area (Å²) in [6, 6.07) is 0. The largest absolute Gasteiger partial charge is 0.490 e. The zero-order valence-electron chi connectivity index (χ0n) is 15.7. The number of phosphoric ester groups is 1. The first-order valence-corrected chi connectivity index (χ1v) is 12.8. The van der Waals surface area contributed by atoms with Gasteiger partial charge < -0.3 is 35.2 Å². The van der Waals surface area contributed by atoms with E-state index in [4.69, 9.17) is 25.2 Å².